The highest BCUT2D eigenvalue weighted by Gasteiger charge is 2.39. The van der Waals surface area contributed by atoms with Crippen molar-refractivity contribution in [2.45, 2.75) is 45.8 Å². The van der Waals surface area contributed by atoms with Crippen LogP contribution in [-0.4, -0.2) is 58.4 Å². The second-order valence-corrected chi connectivity index (χ2v) is 7.76. The quantitative estimate of drug-likeness (QED) is 0.601. The molecule has 1 atom stereocenters. The maximum atomic E-state index is 12.8. The third-order valence-electron chi connectivity index (χ3n) is 5.59. The van der Waals surface area contributed by atoms with Gasteiger partial charge in [0.15, 0.2) is 0 Å². The Hall–Kier alpha value is -3.89. The highest BCUT2D eigenvalue weighted by atomic mass is 16.2. The summed E-state index contributed by atoms with van der Waals surface area (Å²) in [6.45, 7) is 4.49. The highest BCUT2D eigenvalue weighted by Crippen LogP contribution is 2.29. The largest absolute Gasteiger partial charge is 0.322 e. The van der Waals surface area contributed by atoms with Gasteiger partial charge in [0.25, 0.3) is 5.91 Å². The minimum Gasteiger partial charge on any atom is -0.322 e. The zero-order valence-electron chi connectivity index (χ0n) is 17.1. The van der Waals surface area contributed by atoms with Crippen LogP contribution in [-0.2, 0) is 22.7 Å². The van der Waals surface area contributed by atoms with Crippen LogP contribution in [0.1, 0.15) is 46.1 Å². The first-order chi connectivity index (χ1) is 14.9. The summed E-state index contributed by atoms with van der Waals surface area (Å²) in [5.41, 5.74) is 2.87. The molecule has 3 aromatic rings. The van der Waals surface area contributed by atoms with E-state index in [0.717, 1.165) is 22.8 Å². The van der Waals surface area contributed by atoms with E-state index in [1.807, 2.05) is 26.1 Å². The average Bonchev–Trinajstić information content (AvgIpc) is 3.40. The molecule has 1 fully saturated rings. The molecular weight excluding hydrogens is 400 g/mol. The number of aryl methyl sites for hydroxylation is 2. The van der Waals surface area contributed by atoms with E-state index in [0.29, 0.717) is 30.9 Å². The summed E-state index contributed by atoms with van der Waals surface area (Å²) >= 11 is 0. The summed E-state index contributed by atoms with van der Waals surface area (Å²) in [4.78, 5) is 42.2. The average molecular weight is 420 g/mol. The number of amides is 3. The molecule has 158 valence electrons. The van der Waals surface area contributed by atoms with E-state index in [2.05, 4.69) is 25.7 Å². The van der Waals surface area contributed by atoms with Crippen molar-refractivity contribution in [2.24, 2.45) is 0 Å². The van der Waals surface area contributed by atoms with Gasteiger partial charge in [-0.25, -0.2) is 14.3 Å². The maximum absolute atomic E-state index is 12.8. The number of hydrogen-bond donors (Lipinski definition) is 1. The van der Waals surface area contributed by atoms with Crippen molar-refractivity contribution in [1.29, 1.82) is 0 Å². The normalized spacial score (nSPS) is 18.5. The van der Waals surface area contributed by atoms with E-state index >= 15 is 0 Å². The molecule has 0 spiro atoms. The van der Waals surface area contributed by atoms with Crippen LogP contribution in [0.3, 0.4) is 0 Å². The number of hydrogen-bond acceptors (Lipinski definition) is 7. The van der Waals surface area contributed by atoms with Crippen LogP contribution in [0.5, 0.6) is 0 Å². The van der Waals surface area contributed by atoms with Crippen LogP contribution in [0.2, 0.25) is 0 Å². The standard InChI is InChI=1S/C20H20N8O3/c1-11-21-12(2)27(24-11)9-14-10-28(25-23-14)15-3-4-16-13(7-15)8-26(20(16)31)17-5-6-18(29)22-19(17)30/h3-4,7,10,17H,5-6,8-9H2,1-2H3,(H,22,29,30). The van der Waals surface area contributed by atoms with E-state index in [9.17, 15) is 14.4 Å². The molecule has 4 heterocycles. The molecular formula is C20H20N8O3. The number of nitrogens with zero attached hydrogens (tertiary/aromatic N) is 7. The first-order valence-electron chi connectivity index (χ1n) is 9.96. The van der Waals surface area contributed by atoms with Crippen LogP contribution in [0.4, 0.5) is 0 Å². The van der Waals surface area contributed by atoms with Crippen molar-refractivity contribution in [2.75, 3.05) is 0 Å². The zero-order chi connectivity index (χ0) is 21.7. The number of rotatable bonds is 4. The second kappa shape index (κ2) is 7.11. The first kappa shape index (κ1) is 19.1. The van der Waals surface area contributed by atoms with Crippen molar-refractivity contribution in [3.05, 3.63) is 52.9 Å². The molecule has 1 N–H and O–H groups in total. The molecule has 0 bridgehead atoms. The van der Waals surface area contributed by atoms with Gasteiger partial charge in [-0.3, -0.25) is 19.7 Å². The van der Waals surface area contributed by atoms with E-state index in [4.69, 9.17) is 0 Å². The Bertz CT molecular complexity index is 1230. The Morgan fingerprint density at radius 2 is 2.03 bits per heavy atom. The van der Waals surface area contributed by atoms with Crippen molar-refractivity contribution in [1.82, 2.24) is 40.0 Å². The van der Waals surface area contributed by atoms with Crippen molar-refractivity contribution >= 4 is 17.7 Å². The summed E-state index contributed by atoms with van der Waals surface area (Å²) in [5.74, 6) is 0.584. The minimum atomic E-state index is -0.631. The maximum Gasteiger partial charge on any atom is 0.255 e. The number of carbonyl (C=O) groups is 3. The van der Waals surface area contributed by atoms with Crippen LogP contribution >= 0.6 is 0 Å². The fraction of sp³-hybridized carbons (Fsp3) is 0.350. The number of aromatic nitrogens is 6. The summed E-state index contributed by atoms with van der Waals surface area (Å²) in [5, 5.41) is 15.1. The number of fused-ring (bicyclic) bond motifs is 1. The molecule has 3 amide bonds. The predicted molar refractivity (Wildman–Crippen MR) is 106 cm³/mol. The van der Waals surface area contributed by atoms with Crippen LogP contribution in [0.15, 0.2) is 24.4 Å². The van der Waals surface area contributed by atoms with Crippen LogP contribution in [0.25, 0.3) is 5.69 Å². The second-order valence-electron chi connectivity index (χ2n) is 7.76. The van der Waals surface area contributed by atoms with Gasteiger partial charge in [-0.15, -0.1) is 5.10 Å². The van der Waals surface area contributed by atoms with E-state index in [1.165, 1.54) is 4.90 Å². The summed E-state index contributed by atoms with van der Waals surface area (Å²) in [6, 6.07) is 4.79. The van der Waals surface area contributed by atoms with E-state index in [-0.39, 0.29) is 18.2 Å². The molecule has 5 rings (SSSR count). The van der Waals surface area contributed by atoms with Crippen molar-refractivity contribution < 1.29 is 14.4 Å². The number of benzene rings is 1. The summed E-state index contributed by atoms with van der Waals surface area (Å²) in [7, 11) is 0. The molecule has 1 aromatic carbocycles. The Morgan fingerprint density at radius 1 is 1.19 bits per heavy atom. The molecule has 11 nitrogen and oxygen atoms in total. The summed E-state index contributed by atoms with van der Waals surface area (Å²) < 4.78 is 3.41. The molecule has 1 unspecified atom stereocenters. The smallest absolute Gasteiger partial charge is 0.255 e. The Kier molecular flexibility index (Phi) is 4.38. The van der Waals surface area contributed by atoms with Crippen LogP contribution < -0.4 is 5.32 Å². The van der Waals surface area contributed by atoms with Crippen LogP contribution in [0, 0.1) is 13.8 Å². The van der Waals surface area contributed by atoms with Gasteiger partial charge in [-0.1, -0.05) is 5.21 Å². The molecule has 11 heteroatoms. The van der Waals surface area contributed by atoms with Gasteiger partial charge in [-0.05, 0) is 44.0 Å². The van der Waals surface area contributed by atoms with Gasteiger partial charge < -0.3 is 4.90 Å². The lowest BCUT2D eigenvalue weighted by Crippen LogP contribution is -2.52. The Morgan fingerprint density at radius 3 is 2.77 bits per heavy atom. The van der Waals surface area contributed by atoms with Crippen molar-refractivity contribution in [3.8, 4) is 5.69 Å². The molecule has 0 aliphatic carbocycles. The van der Waals surface area contributed by atoms with Gasteiger partial charge in [-0.2, -0.15) is 5.10 Å². The number of piperidine rings is 1. The lowest BCUT2D eigenvalue weighted by molar-refractivity contribution is -0.136. The lowest BCUT2D eigenvalue weighted by atomic mass is 10.0. The fourth-order valence-electron chi connectivity index (χ4n) is 4.06. The third kappa shape index (κ3) is 3.37. The van der Waals surface area contributed by atoms with E-state index in [1.54, 1.807) is 21.5 Å². The predicted octanol–water partition coefficient (Wildman–Crippen LogP) is 0.285. The van der Waals surface area contributed by atoms with Gasteiger partial charge in [0, 0.05) is 18.5 Å². The SMILES string of the molecule is Cc1nc(C)n(Cc2cn(-c3ccc4c(c3)CN(C3CCC(=O)NC3=O)C4=O)nn2)n1. The van der Waals surface area contributed by atoms with Gasteiger partial charge in [0.05, 0.1) is 18.4 Å². The lowest BCUT2D eigenvalue weighted by Gasteiger charge is -2.29. The Balaban J connectivity index is 1.36. The molecule has 0 saturated carbocycles. The number of carbonyl (C=O) groups excluding carboxylic acids is 3. The highest BCUT2D eigenvalue weighted by molar-refractivity contribution is 6.05. The monoisotopic (exact) mass is 420 g/mol. The zero-order valence-corrected chi connectivity index (χ0v) is 17.1. The number of imide groups is 1. The first-order valence-corrected chi connectivity index (χ1v) is 9.96. The Labute approximate surface area is 177 Å². The van der Waals surface area contributed by atoms with Gasteiger partial charge >= 0.3 is 0 Å². The molecule has 31 heavy (non-hydrogen) atoms. The fourth-order valence-corrected chi connectivity index (χ4v) is 4.06. The molecule has 2 aliphatic rings. The third-order valence-corrected chi connectivity index (χ3v) is 5.59. The number of nitrogens with one attached hydrogen (secondary N) is 1. The molecule has 1 saturated heterocycles. The summed E-state index contributed by atoms with van der Waals surface area (Å²) in [6.07, 6.45) is 2.38. The van der Waals surface area contributed by atoms with Gasteiger partial charge in [0.1, 0.15) is 23.4 Å². The topological polar surface area (TPSA) is 128 Å². The molecule has 2 aliphatic heterocycles. The van der Waals surface area contributed by atoms with Gasteiger partial charge in [0.2, 0.25) is 11.8 Å². The molecule has 0 radical (unpaired) electrons. The van der Waals surface area contributed by atoms with E-state index < -0.39 is 11.9 Å². The van der Waals surface area contributed by atoms with Crippen molar-refractivity contribution in [3.63, 3.8) is 0 Å². The minimum absolute atomic E-state index is 0.202. The molecule has 2 aromatic heterocycles.